The zero-order valence-corrected chi connectivity index (χ0v) is 20.6. The summed E-state index contributed by atoms with van der Waals surface area (Å²) in [4.78, 5) is 36.0. The van der Waals surface area contributed by atoms with Crippen molar-refractivity contribution in [1.82, 2.24) is 0 Å². The van der Waals surface area contributed by atoms with Crippen LogP contribution in [0, 0.1) is 20.8 Å². The van der Waals surface area contributed by atoms with Crippen LogP contribution >= 0.6 is 11.6 Å². The van der Waals surface area contributed by atoms with Crippen LogP contribution in [0.3, 0.4) is 0 Å². The van der Waals surface area contributed by atoms with Crippen molar-refractivity contribution < 1.29 is 23.9 Å². The third kappa shape index (κ3) is 7.86. The van der Waals surface area contributed by atoms with Crippen LogP contribution in [-0.2, 0) is 19.1 Å². The number of para-hydroxylation sites is 1. The summed E-state index contributed by atoms with van der Waals surface area (Å²) in [7, 11) is 0. The first-order valence-electron chi connectivity index (χ1n) is 11.1. The second-order valence-electron chi connectivity index (χ2n) is 8.07. The molecule has 0 heterocycles. The summed E-state index contributed by atoms with van der Waals surface area (Å²) in [5.41, 5.74) is 4.04. The van der Waals surface area contributed by atoms with E-state index in [-0.39, 0.29) is 18.7 Å². The van der Waals surface area contributed by atoms with E-state index in [1.165, 1.54) is 0 Å². The Morgan fingerprint density at radius 1 is 0.771 bits per heavy atom. The molecule has 0 aliphatic carbocycles. The van der Waals surface area contributed by atoms with E-state index in [1.807, 2.05) is 39.0 Å². The molecule has 0 fully saturated rings. The Kier molecular flexibility index (Phi) is 8.86. The summed E-state index contributed by atoms with van der Waals surface area (Å²) in [5.74, 6) is -0.0288. The van der Waals surface area contributed by atoms with Crippen molar-refractivity contribution in [3.05, 3.63) is 82.4 Å². The van der Waals surface area contributed by atoms with E-state index in [1.54, 1.807) is 42.5 Å². The lowest BCUT2D eigenvalue weighted by Gasteiger charge is -2.12. The number of amides is 2. The lowest BCUT2D eigenvalue weighted by molar-refractivity contribution is -0.147. The first-order valence-corrected chi connectivity index (χ1v) is 11.4. The van der Waals surface area contributed by atoms with Crippen LogP contribution in [0.25, 0.3) is 0 Å². The maximum absolute atomic E-state index is 12.2. The number of esters is 1. The summed E-state index contributed by atoms with van der Waals surface area (Å²) in [6.07, 6.45) is -0.224. The van der Waals surface area contributed by atoms with Crippen molar-refractivity contribution in [3.63, 3.8) is 0 Å². The highest BCUT2D eigenvalue weighted by atomic mass is 35.5. The lowest BCUT2D eigenvalue weighted by Crippen LogP contribution is -2.21. The third-order valence-electron chi connectivity index (χ3n) is 5.14. The molecule has 35 heavy (non-hydrogen) atoms. The first-order chi connectivity index (χ1) is 16.7. The molecule has 0 spiro atoms. The number of hydrogen-bond acceptors (Lipinski definition) is 5. The largest absolute Gasteiger partial charge is 0.457 e. The molecule has 0 aliphatic rings. The number of anilines is 2. The fraction of sp³-hybridized carbons (Fsp3) is 0.222. The standard InChI is InChI=1S/C27H27ClN2O5/c1-17-7-8-21(15-23(17)28)30-25(32)16-34-26(33)14-13-24(31)29-20-9-11-22(12-10-20)35-27-18(2)5-4-6-19(27)3/h4-12,15H,13-14,16H2,1-3H3,(H,29,31)(H,30,32). The van der Waals surface area contributed by atoms with Crippen LogP contribution in [0.2, 0.25) is 5.02 Å². The summed E-state index contributed by atoms with van der Waals surface area (Å²) < 4.78 is 10.9. The predicted octanol–water partition coefficient (Wildman–Crippen LogP) is 5.96. The van der Waals surface area contributed by atoms with Gasteiger partial charge in [-0.2, -0.15) is 0 Å². The second kappa shape index (κ2) is 12.0. The van der Waals surface area contributed by atoms with Crippen LogP contribution in [0.1, 0.15) is 29.5 Å². The fourth-order valence-electron chi connectivity index (χ4n) is 3.21. The van der Waals surface area contributed by atoms with E-state index in [0.29, 0.717) is 22.1 Å². The number of halogens is 1. The Morgan fingerprint density at radius 2 is 1.40 bits per heavy atom. The molecule has 8 heteroatoms. The highest BCUT2D eigenvalue weighted by Gasteiger charge is 2.12. The van der Waals surface area contributed by atoms with Crippen LogP contribution < -0.4 is 15.4 Å². The van der Waals surface area contributed by atoms with Crippen LogP contribution in [0.15, 0.2) is 60.7 Å². The molecular weight excluding hydrogens is 468 g/mol. The van der Waals surface area contributed by atoms with Gasteiger partial charge in [-0.3, -0.25) is 14.4 Å². The highest BCUT2D eigenvalue weighted by Crippen LogP contribution is 2.29. The summed E-state index contributed by atoms with van der Waals surface area (Å²) >= 11 is 6.02. The van der Waals surface area contributed by atoms with E-state index in [9.17, 15) is 14.4 Å². The maximum atomic E-state index is 12.2. The van der Waals surface area contributed by atoms with Crippen molar-refractivity contribution in [2.24, 2.45) is 0 Å². The van der Waals surface area contributed by atoms with Crippen LogP contribution in [-0.4, -0.2) is 24.4 Å². The molecule has 0 aromatic heterocycles. The number of rotatable bonds is 9. The number of nitrogens with one attached hydrogen (secondary N) is 2. The number of hydrogen-bond donors (Lipinski definition) is 2. The van der Waals surface area contributed by atoms with Crippen molar-refractivity contribution in [1.29, 1.82) is 0 Å². The van der Waals surface area contributed by atoms with Gasteiger partial charge in [0.25, 0.3) is 5.91 Å². The zero-order chi connectivity index (χ0) is 25.4. The van der Waals surface area contributed by atoms with Gasteiger partial charge in [0.05, 0.1) is 6.42 Å². The van der Waals surface area contributed by atoms with Gasteiger partial charge in [-0.15, -0.1) is 0 Å². The van der Waals surface area contributed by atoms with Gasteiger partial charge in [0.15, 0.2) is 6.61 Å². The number of ether oxygens (including phenoxy) is 2. The minimum absolute atomic E-state index is 0.0747. The van der Waals surface area contributed by atoms with Gasteiger partial charge < -0.3 is 20.1 Å². The Hall–Kier alpha value is -3.84. The quantitative estimate of drug-likeness (QED) is 0.358. The van der Waals surface area contributed by atoms with Gasteiger partial charge >= 0.3 is 5.97 Å². The summed E-state index contributed by atoms with van der Waals surface area (Å²) in [6.45, 7) is 5.36. The monoisotopic (exact) mass is 494 g/mol. The SMILES string of the molecule is Cc1ccc(NC(=O)COC(=O)CCC(=O)Nc2ccc(Oc3c(C)cccc3C)cc2)cc1Cl. The number of carbonyl (C=O) groups excluding carboxylic acids is 3. The summed E-state index contributed by atoms with van der Waals surface area (Å²) in [6, 6.07) is 18.0. The zero-order valence-electron chi connectivity index (χ0n) is 19.8. The molecule has 2 amide bonds. The second-order valence-corrected chi connectivity index (χ2v) is 8.48. The Bertz CT molecular complexity index is 1200. The average molecular weight is 495 g/mol. The minimum atomic E-state index is -0.644. The van der Waals surface area contributed by atoms with Gasteiger partial charge in [-0.1, -0.05) is 35.9 Å². The van der Waals surface area contributed by atoms with E-state index in [0.717, 1.165) is 22.4 Å². The molecule has 0 unspecified atom stereocenters. The fourth-order valence-corrected chi connectivity index (χ4v) is 3.39. The molecule has 182 valence electrons. The molecule has 3 aromatic carbocycles. The van der Waals surface area contributed by atoms with Crippen molar-refractivity contribution >= 4 is 40.8 Å². The average Bonchev–Trinajstić information content (AvgIpc) is 2.82. The number of benzene rings is 3. The smallest absolute Gasteiger partial charge is 0.306 e. The van der Waals surface area contributed by atoms with Crippen molar-refractivity contribution in [3.8, 4) is 11.5 Å². The number of aryl methyl sites for hydroxylation is 3. The summed E-state index contributed by atoms with van der Waals surface area (Å²) in [5, 5.41) is 5.85. The van der Waals surface area contributed by atoms with E-state index >= 15 is 0 Å². The molecule has 0 bridgehead atoms. The Morgan fingerprint density at radius 3 is 2.06 bits per heavy atom. The predicted molar refractivity (Wildman–Crippen MR) is 136 cm³/mol. The van der Waals surface area contributed by atoms with E-state index in [4.69, 9.17) is 21.1 Å². The Labute approximate surface area is 209 Å². The molecule has 2 N–H and O–H groups in total. The highest BCUT2D eigenvalue weighted by molar-refractivity contribution is 6.31. The Balaban J connectivity index is 1.39. The van der Waals surface area contributed by atoms with Crippen LogP contribution in [0.5, 0.6) is 11.5 Å². The van der Waals surface area contributed by atoms with Gasteiger partial charge in [0, 0.05) is 22.8 Å². The molecule has 0 saturated heterocycles. The molecule has 3 rings (SSSR count). The van der Waals surface area contributed by atoms with Crippen molar-refractivity contribution in [2.75, 3.05) is 17.2 Å². The molecule has 0 aliphatic heterocycles. The molecular formula is C27H27ClN2O5. The molecule has 0 saturated carbocycles. The molecule has 0 radical (unpaired) electrons. The van der Waals surface area contributed by atoms with Crippen LogP contribution in [0.4, 0.5) is 11.4 Å². The number of carbonyl (C=O) groups is 3. The lowest BCUT2D eigenvalue weighted by atomic mass is 10.1. The van der Waals surface area contributed by atoms with Gasteiger partial charge in [0.2, 0.25) is 5.91 Å². The van der Waals surface area contributed by atoms with Gasteiger partial charge in [-0.25, -0.2) is 0 Å². The first kappa shape index (κ1) is 25.8. The topological polar surface area (TPSA) is 93.7 Å². The maximum Gasteiger partial charge on any atom is 0.306 e. The van der Waals surface area contributed by atoms with Gasteiger partial charge in [-0.05, 0) is 73.9 Å². The molecule has 7 nitrogen and oxygen atoms in total. The van der Waals surface area contributed by atoms with E-state index < -0.39 is 18.5 Å². The van der Waals surface area contributed by atoms with E-state index in [2.05, 4.69) is 10.6 Å². The molecule has 3 aromatic rings. The van der Waals surface area contributed by atoms with Crippen molar-refractivity contribution in [2.45, 2.75) is 33.6 Å². The minimum Gasteiger partial charge on any atom is -0.457 e. The third-order valence-corrected chi connectivity index (χ3v) is 5.55. The van der Waals surface area contributed by atoms with Gasteiger partial charge in [0.1, 0.15) is 11.5 Å². The normalized spacial score (nSPS) is 10.4. The molecule has 0 atom stereocenters.